The second-order valence-corrected chi connectivity index (χ2v) is 7.06. The van der Waals surface area contributed by atoms with Crippen molar-refractivity contribution in [2.75, 3.05) is 0 Å². The van der Waals surface area contributed by atoms with Gasteiger partial charge < -0.3 is 15.4 Å². The molecule has 0 radical (unpaired) electrons. The zero-order valence-electron chi connectivity index (χ0n) is 13.0. The minimum absolute atomic E-state index is 0.0696. The number of carbonyl (C=O) groups is 1. The summed E-state index contributed by atoms with van der Waals surface area (Å²) in [5.41, 5.74) is 0.869. The highest BCUT2D eigenvalue weighted by Gasteiger charge is 2.65. The zero-order valence-corrected chi connectivity index (χ0v) is 13.0. The summed E-state index contributed by atoms with van der Waals surface area (Å²) in [7, 11) is 0. The van der Waals surface area contributed by atoms with Gasteiger partial charge in [0.2, 0.25) is 0 Å². The topological polar surface area (TPSA) is 50.4 Å². The van der Waals surface area contributed by atoms with Gasteiger partial charge in [-0.25, -0.2) is 4.79 Å². The van der Waals surface area contributed by atoms with Crippen LogP contribution in [0.15, 0.2) is 24.3 Å². The number of urea groups is 1. The van der Waals surface area contributed by atoms with Gasteiger partial charge in [0.1, 0.15) is 5.75 Å². The molecule has 2 amide bonds. The van der Waals surface area contributed by atoms with E-state index in [-0.39, 0.29) is 17.3 Å². The van der Waals surface area contributed by atoms with Crippen LogP contribution in [0.5, 0.6) is 5.75 Å². The third kappa shape index (κ3) is 3.38. The number of hydrogen-bond acceptors (Lipinski definition) is 2. The molecule has 3 aliphatic carbocycles. The lowest BCUT2D eigenvalue weighted by Gasteiger charge is -2.69. The zero-order chi connectivity index (χ0) is 16.9. The molecule has 0 aliphatic heterocycles. The molecule has 1 aromatic rings. The number of nitrogens with one attached hydrogen (secondary N) is 2. The fourth-order valence-electron chi connectivity index (χ4n) is 3.97. The van der Waals surface area contributed by atoms with Gasteiger partial charge in [0, 0.05) is 5.54 Å². The van der Waals surface area contributed by atoms with E-state index in [1.165, 1.54) is 18.2 Å². The summed E-state index contributed by atoms with van der Waals surface area (Å²) in [6, 6.07) is 4.91. The van der Waals surface area contributed by atoms with Crippen molar-refractivity contribution in [2.45, 2.75) is 51.1 Å². The summed E-state index contributed by atoms with van der Waals surface area (Å²) in [5.74, 6) is -0.295. The Morgan fingerprint density at radius 3 is 2.52 bits per heavy atom. The predicted molar refractivity (Wildman–Crippen MR) is 77.9 cm³/mol. The Labute approximate surface area is 132 Å². The number of halogens is 3. The fraction of sp³-hybridized carbons (Fsp3) is 0.562. The Hall–Kier alpha value is -1.92. The molecule has 7 heteroatoms. The quantitative estimate of drug-likeness (QED) is 0.881. The van der Waals surface area contributed by atoms with Crippen molar-refractivity contribution >= 4 is 6.03 Å². The Kier molecular flexibility index (Phi) is 3.50. The van der Waals surface area contributed by atoms with E-state index in [1.807, 2.05) is 0 Å². The van der Waals surface area contributed by atoms with Gasteiger partial charge in [-0.2, -0.15) is 0 Å². The van der Waals surface area contributed by atoms with Crippen molar-refractivity contribution in [3.63, 3.8) is 0 Å². The van der Waals surface area contributed by atoms with Crippen LogP contribution >= 0.6 is 0 Å². The van der Waals surface area contributed by atoms with E-state index in [0.29, 0.717) is 11.0 Å². The normalized spacial score (nSPS) is 29.8. The van der Waals surface area contributed by atoms with E-state index in [1.54, 1.807) is 13.0 Å². The maximum absolute atomic E-state index is 12.2. The van der Waals surface area contributed by atoms with Crippen molar-refractivity contribution in [3.05, 3.63) is 29.8 Å². The molecule has 0 spiro atoms. The van der Waals surface area contributed by atoms with Gasteiger partial charge in [0.05, 0.1) is 6.04 Å². The van der Waals surface area contributed by atoms with E-state index in [0.717, 1.165) is 19.3 Å². The molecule has 2 bridgehead atoms. The Morgan fingerprint density at radius 1 is 1.30 bits per heavy atom. The van der Waals surface area contributed by atoms with E-state index in [9.17, 15) is 18.0 Å². The van der Waals surface area contributed by atoms with Gasteiger partial charge in [-0.15, -0.1) is 13.2 Å². The maximum atomic E-state index is 12.2. The van der Waals surface area contributed by atoms with Crippen molar-refractivity contribution in [2.24, 2.45) is 5.41 Å². The van der Waals surface area contributed by atoms with E-state index >= 15 is 0 Å². The van der Waals surface area contributed by atoms with Crippen LogP contribution in [0.3, 0.4) is 0 Å². The van der Waals surface area contributed by atoms with E-state index in [2.05, 4.69) is 22.3 Å². The summed E-state index contributed by atoms with van der Waals surface area (Å²) in [6.45, 7) is 3.92. The Morgan fingerprint density at radius 2 is 1.96 bits per heavy atom. The predicted octanol–water partition coefficient (Wildman–Crippen LogP) is 3.89. The molecular formula is C16H19F3N2O2. The molecule has 0 aromatic heterocycles. The summed E-state index contributed by atoms with van der Waals surface area (Å²) in [5, 5.41) is 5.74. The molecule has 1 atom stereocenters. The highest BCUT2D eigenvalue weighted by atomic mass is 19.4. The van der Waals surface area contributed by atoms with Crippen LogP contribution in [0.25, 0.3) is 0 Å². The molecule has 0 saturated heterocycles. The first-order valence-electron chi connectivity index (χ1n) is 7.53. The van der Waals surface area contributed by atoms with Gasteiger partial charge in [-0.3, -0.25) is 0 Å². The highest BCUT2D eigenvalue weighted by Crippen LogP contribution is 2.66. The molecule has 3 fully saturated rings. The minimum Gasteiger partial charge on any atom is -0.406 e. The molecule has 0 heterocycles. The number of ether oxygens (including phenoxy) is 1. The average Bonchev–Trinajstić information content (AvgIpc) is 2.33. The lowest BCUT2D eigenvalue weighted by atomic mass is 9.40. The number of hydrogen-bond donors (Lipinski definition) is 2. The SMILES string of the molecule is C[C@H](NC(=O)NC12CC(C)(C1)C2)c1cccc(OC(F)(F)F)c1. The van der Waals surface area contributed by atoms with Gasteiger partial charge in [-0.05, 0) is 49.3 Å². The van der Waals surface area contributed by atoms with Gasteiger partial charge >= 0.3 is 12.4 Å². The Bertz CT molecular complexity index is 610. The Balaban J connectivity index is 1.56. The van der Waals surface area contributed by atoms with Crippen molar-refractivity contribution in [1.29, 1.82) is 0 Å². The molecule has 4 nitrogen and oxygen atoms in total. The van der Waals surface area contributed by atoms with Crippen LogP contribution in [0.2, 0.25) is 0 Å². The minimum atomic E-state index is -4.73. The van der Waals surface area contributed by atoms with Crippen molar-refractivity contribution in [3.8, 4) is 5.75 Å². The van der Waals surface area contributed by atoms with Crippen LogP contribution < -0.4 is 15.4 Å². The van der Waals surface area contributed by atoms with Crippen LogP contribution in [0, 0.1) is 5.41 Å². The molecule has 0 unspecified atom stereocenters. The third-order valence-electron chi connectivity index (χ3n) is 4.61. The van der Waals surface area contributed by atoms with Gasteiger partial charge in [0.15, 0.2) is 0 Å². The lowest BCUT2D eigenvalue weighted by Crippen LogP contribution is -2.74. The molecule has 126 valence electrons. The largest absolute Gasteiger partial charge is 0.573 e. The molecule has 23 heavy (non-hydrogen) atoms. The first-order valence-corrected chi connectivity index (χ1v) is 7.53. The van der Waals surface area contributed by atoms with Crippen molar-refractivity contribution in [1.82, 2.24) is 10.6 Å². The number of amides is 2. The maximum Gasteiger partial charge on any atom is 0.573 e. The first-order chi connectivity index (χ1) is 10.6. The van der Waals surface area contributed by atoms with Gasteiger partial charge in [0.25, 0.3) is 0 Å². The van der Waals surface area contributed by atoms with Crippen LogP contribution in [0.4, 0.5) is 18.0 Å². The monoisotopic (exact) mass is 328 g/mol. The average molecular weight is 328 g/mol. The molecule has 3 saturated carbocycles. The van der Waals surface area contributed by atoms with E-state index in [4.69, 9.17) is 0 Å². The molecule has 1 aromatic carbocycles. The van der Waals surface area contributed by atoms with Gasteiger partial charge in [-0.1, -0.05) is 19.1 Å². The summed E-state index contributed by atoms with van der Waals surface area (Å²) in [4.78, 5) is 12.0. The van der Waals surface area contributed by atoms with E-state index < -0.39 is 12.4 Å². The highest BCUT2D eigenvalue weighted by molar-refractivity contribution is 5.76. The molecular weight excluding hydrogens is 309 g/mol. The van der Waals surface area contributed by atoms with Crippen LogP contribution in [0.1, 0.15) is 44.7 Å². The second kappa shape index (κ2) is 5.04. The lowest BCUT2D eigenvalue weighted by molar-refractivity contribution is -0.274. The summed E-state index contributed by atoms with van der Waals surface area (Å²) >= 11 is 0. The second-order valence-electron chi connectivity index (χ2n) is 7.06. The van der Waals surface area contributed by atoms with Crippen LogP contribution in [-0.2, 0) is 0 Å². The van der Waals surface area contributed by atoms with Crippen LogP contribution in [-0.4, -0.2) is 17.9 Å². The first kappa shape index (κ1) is 16.0. The number of carbonyl (C=O) groups excluding carboxylic acids is 1. The standard InChI is InChI=1S/C16H19F3N2O2/c1-10(11-4-3-5-12(6-11)23-16(17,18)19)20-13(22)21-15-7-14(2,8-15)9-15/h3-6,10H,7-9H2,1-2H3,(H2,20,21,22)/t10-,14?,15?/m0/s1. The number of benzene rings is 1. The summed E-state index contributed by atoms with van der Waals surface area (Å²) < 4.78 is 40.6. The summed E-state index contributed by atoms with van der Waals surface area (Å²) in [6.07, 6.45) is -1.74. The molecule has 2 N–H and O–H groups in total. The number of alkyl halides is 3. The fourth-order valence-corrected chi connectivity index (χ4v) is 3.97. The molecule has 3 aliphatic rings. The van der Waals surface area contributed by atoms with Crippen molar-refractivity contribution < 1.29 is 22.7 Å². The number of rotatable bonds is 4. The smallest absolute Gasteiger partial charge is 0.406 e. The third-order valence-corrected chi connectivity index (χ3v) is 4.61. The molecule has 4 rings (SSSR count).